The SMILES string of the molecule is C=C1C(=CC=C2CCC[C@]3(C)[C@@H]([C@@H](C)C=C[C@H](O)C4(c5ncc(CCC)s5)CC4)CC[C@@H]23)C[C@@H](O)C[C@@H]1O. The number of aryl methyl sites for hydroxylation is 1. The average molecular weight is 538 g/mol. The molecule has 3 N–H and O–H groups in total. The number of aliphatic hydroxyl groups excluding tert-OH is 3. The molecule has 4 aliphatic rings. The van der Waals surface area contributed by atoms with E-state index < -0.39 is 18.3 Å². The third-order valence-corrected chi connectivity index (χ3v) is 11.6. The molecule has 0 unspecified atom stereocenters. The zero-order valence-corrected chi connectivity index (χ0v) is 24.3. The number of allylic oxidation sites excluding steroid dienone is 4. The summed E-state index contributed by atoms with van der Waals surface area (Å²) in [5.74, 6) is 1.60. The number of nitrogens with zero attached hydrogens (tertiary/aromatic N) is 1. The van der Waals surface area contributed by atoms with E-state index in [2.05, 4.69) is 51.7 Å². The summed E-state index contributed by atoms with van der Waals surface area (Å²) in [5, 5.41) is 32.7. The fourth-order valence-corrected chi connectivity index (χ4v) is 9.17. The first-order valence-corrected chi connectivity index (χ1v) is 15.8. The van der Waals surface area contributed by atoms with E-state index in [0.29, 0.717) is 30.6 Å². The first-order chi connectivity index (χ1) is 18.2. The number of rotatable bonds is 8. The minimum atomic E-state index is -0.636. The molecule has 1 aromatic heterocycles. The molecule has 1 heterocycles. The Labute approximate surface area is 233 Å². The second kappa shape index (κ2) is 11.2. The van der Waals surface area contributed by atoms with Crippen LogP contribution in [0.25, 0.3) is 0 Å². The molecule has 0 saturated heterocycles. The molecule has 4 fully saturated rings. The lowest BCUT2D eigenvalue weighted by molar-refractivity contribution is 0.0862. The molecular formula is C33H47NO3S. The molecule has 0 spiro atoms. The maximum absolute atomic E-state index is 11.2. The van der Waals surface area contributed by atoms with Gasteiger partial charge in [0.05, 0.1) is 23.7 Å². The van der Waals surface area contributed by atoms with Gasteiger partial charge in [0.15, 0.2) is 0 Å². The quantitative estimate of drug-likeness (QED) is 0.318. The smallest absolute Gasteiger partial charge is 0.102 e. The van der Waals surface area contributed by atoms with Crippen molar-refractivity contribution in [2.45, 2.75) is 115 Å². The molecule has 4 nitrogen and oxygen atoms in total. The van der Waals surface area contributed by atoms with E-state index in [1.807, 2.05) is 6.20 Å². The Hall–Kier alpha value is -1.53. The van der Waals surface area contributed by atoms with Crippen LogP contribution in [0.3, 0.4) is 0 Å². The minimum Gasteiger partial charge on any atom is -0.393 e. The lowest BCUT2D eigenvalue weighted by Crippen LogP contribution is -2.35. The normalized spacial score (nSPS) is 36.6. The molecule has 5 rings (SSSR count). The summed E-state index contributed by atoms with van der Waals surface area (Å²) >= 11 is 1.80. The zero-order valence-electron chi connectivity index (χ0n) is 23.5. The first kappa shape index (κ1) is 28.0. The van der Waals surface area contributed by atoms with Crippen LogP contribution in [0.1, 0.15) is 94.9 Å². The number of aliphatic hydroxyl groups is 3. The van der Waals surface area contributed by atoms with Gasteiger partial charge >= 0.3 is 0 Å². The Bertz CT molecular complexity index is 1110. The Morgan fingerprint density at radius 3 is 2.71 bits per heavy atom. The average Bonchev–Trinajstić information content (AvgIpc) is 3.42. The van der Waals surface area contributed by atoms with E-state index in [0.717, 1.165) is 48.3 Å². The number of hydrogen-bond donors (Lipinski definition) is 3. The number of fused-ring (bicyclic) bond motifs is 1. The summed E-state index contributed by atoms with van der Waals surface area (Å²) in [6.45, 7) is 11.1. The van der Waals surface area contributed by atoms with E-state index in [-0.39, 0.29) is 10.8 Å². The minimum absolute atomic E-state index is 0.159. The molecule has 0 radical (unpaired) electrons. The van der Waals surface area contributed by atoms with Gasteiger partial charge in [-0.3, -0.25) is 0 Å². The van der Waals surface area contributed by atoms with Gasteiger partial charge in [0.2, 0.25) is 0 Å². The molecule has 5 heteroatoms. The number of aromatic nitrogens is 1. The second-order valence-corrected chi connectivity index (χ2v) is 14.0. The van der Waals surface area contributed by atoms with E-state index in [4.69, 9.17) is 4.98 Å². The monoisotopic (exact) mass is 537 g/mol. The maximum atomic E-state index is 11.2. The van der Waals surface area contributed by atoms with Gasteiger partial charge in [0, 0.05) is 17.5 Å². The number of hydrogen-bond acceptors (Lipinski definition) is 5. The van der Waals surface area contributed by atoms with Gasteiger partial charge in [-0.05, 0) is 92.1 Å². The van der Waals surface area contributed by atoms with E-state index in [9.17, 15) is 15.3 Å². The van der Waals surface area contributed by atoms with Crippen LogP contribution in [0.4, 0.5) is 0 Å². The Morgan fingerprint density at radius 1 is 1.18 bits per heavy atom. The van der Waals surface area contributed by atoms with Crippen LogP contribution < -0.4 is 0 Å². The van der Waals surface area contributed by atoms with Crippen molar-refractivity contribution in [1.82, 2.24) is 4.98 Å². The van der Waals surface area contributed by atoms with Gasteiger partial charge in [-0.25, -0.2) is 4.98 Å². The predicted molar refractivity (Wildman–Crippen MR) is 156 cm³/mol. The molecule has 0 aromatic carbocycles. The van der Waals surface area contributed by atoms with Crippen LogP contribution in [-0.4, -0.2) is 38.6 Å². The highest BCUT2D eigenvalue weighted by atomic mass is 32.1. The molecule has 1 aromatic rings. The van der Waals surface area contributed by atoms with Crippen molar-refractivity contribution >= 4 is 11.3 Å². The lowest BCUT2D eigenvalue weighted by Gasteiger charge is -2.44. The van der Waals surface area contributed by atoms with Gasteiger partial charge in [-0.1, -0.05) is 63.6 Å². The molecule has 0 aliphatic heterocycles. The van der Waals surface area contributed by atoms with Crippen LogP contribution in [0.15, 0.2) is 53.8 Å². The summed E-state index contributed by atoms with van der Waals surface area (Å²) < 4.78 is 0. The van der Waals surface area contributed by atoms with E-state index >= 15 is 0 Å². The van der Waals surface area contributed by atoms with Gasteiger partial charge in [-0.2, -0.15) is 0 Å². The predicted octanol–water partition coefficient (Wildman–Crippen LogP) is 6.82. The van der Waals surface area contributed by atoms with Crippen LogP contribution in [0.5, 0.6) is 0 Å². The van der Waals surface area contributed by atoms with E-state index in [1.54, 1.807) is 11.3 Å². The second-order valence-electron chi connectivity index (χ2n) is 12.9. The number of thiazole rings is 1. The van der Waals surface area contributed by atoms with E-state index in [1.165, 1.54) is 36.1 Å². The summed E-state index contributed by atoms with van der Waals surface area (Å²) in [6.07, 6.45) is 20.5. The molecule has 38 heavy (non-hydrogen) atoms. The fraction of sp³-hybridized carbons (Fsp3) is 0.667. The maximum Gasteiger partial charge on any atom is 0.102 e. The molecule has 7 atom stereocenters. The van der Waals surface area contributed by atoms with Crippen molar-refractivity contribution in [2.75, 3.05) is 0 Å². The van der Waals surface area contributed by atoms with Crippen molar-refractivity contribution in [2.24, 2.45) is 23.2 Å². The summed E-state index contributed by atoms with van der Waals surface area (Å²) in [4.78, 5) is 6.05. The molecule has 208 valence electrons. The highest BCUT2D eigenvalue weighted by Crippen LogP contribution is 2.60. The largest absolute Gasteiger partial charge is 0.393 e. The van der Waals surface area contributed by atoms with Crippen LogP contribution in [0.2, 0.25) is 0 Å². The van der Waals surface area contributed by atoms with Crippen LogP contribution >= 0.6 is 11.3 Å². The summed E-state index contributed by atoms with van der Waals surface area (Å²) in [6, 6.07) is 0. The summed E-state index contributed by atoms with van der Waals surface area (Å²) in [7, 11) is 0. The molecular weight excluding hydrogens is 490 g/mol. The van der Waals surface area contributed by atoms with Crippen molar-refractivity contribution < 1.29 is 15.3 Å². The molecule has 0 amide bonds. The summed E-state index contributed by atoms with van der Waals surface area (Å²) in [5.41, 5.74) is 3.39. The lowest BCUT2D eigenvalue weighted by atomic mass is 9.61. The Balaban J connectivity index is 1.27. The Morgan fingerprint density at radius 2 is 1.97 bits per heavy atom. The highest BCUT2D eigenvalue weighted by molar-refractivity contribution is 7.11. The van der Waals surface area contributed by atoms with Crippen LogP contribution in [0, 0.1) is 23.2 Å². The topological polar surface area (TPSA) is 73.6 Å². The molecule has 4 saturated carbocycles. The van der Waals surface area contributed by atoms with Crippen molar-refractivity contribution in [3.8, 4) is 0 Å². The first-order valence-electron chi connectivity index (χ1n) is 14.9. The van der Waals surface area contributed by atoms with Crippen LogP contribution in [-0.2, 0) is 11.8 Å². The molecule has 0 bridgehead atoms. The standard InChI is InChI=1S/C33H47NO3S/c1-5-7-26-20-34-31(38-26)33(16-17-33)30(37)14-9-21(2)27-12-13-28-23(8-6-15-32(27,28)4)10-11-24-18-25(35)19-29(36)22(24)3/h9-11,14,20-21,25,27-30,35-37H,3,5-8,12-13,15-19H2,1-2,4H3/t21-,25+,27+,28-,29-,30-,32+/m0/s1. The molecule has 4 aliphatic carbocycles. The highest BCUT2D eigenvalue weighted by Gasteiger charge is 2.53. The fourth-order valence-electron chi connectivity index (χ4n) is 7.88. The van der Waals surface area contributed by atoms with Gasteiger partial charge < -0.3 is 15.3 Å². The zero-order chi connectivity index (χ0) is 27.1. The third kappa shape index (κ3) is 5.29. The third-order valence-electron chi connectivity index (χ3n) is 10.4. The van der Waals surface area contributed by atoms with Gasteiger partial charge in [0.25, 0.3) is 0 Å². The van der Waals surface area contributed by atoms with Gasteiger partial charge in [-0.15, -0.1) is 11.3 Å². The van der Waals surface area contributed by atoms with Crippen molar-refractivity contribution in [3.63, 3.8) is 0 Å². The van der Waals surface area contributed by atoms with Crippen molar-refractivity contribution in [3.05, 3.63) is 63.7 Å². The Kier molecular flexibility index (Phi) is 8.22. The van der Waals surface area contributed by atoms with Crippen molar-refractivity contribution in [1.29, 1.82) is 0 Å². The van der Waals surface area contributed by atoms with Gasteiger partial charge in [0.1, 0.15) is 5.01 Å².